The average Bonchev–Trinajstić information content (AvgIpc) is 2.92. The van der Waals surface area contributed by atoms with Crippen molar-refractivity contribution in [3.8, 4) is 0 Å². The molecule has 0 bridgehead atoms. The van der Waals surface area contributed by atoms with Crippen molar-refractivity contribution in [3.05, 3.63) is 57.9 Å². The highest BCUT2D eigenvalue weighted by molar-refractivity contribution is 5.82. The van der Waals surface area contributed by atoms with Crippen LogP contribution in [0.2, 0.25) is 0 Å². The fraction of sp³-hybridized carbons (Fsp3) is 0.250. The van der Waals surface area contributed by atoms with E-state index in [2.05, 4.69) is 22.3 Å². The van der Waals surface area contributed by atoms with Crippen LogP contribution in [0.3, 0.4) is 0 Å². The molecule has 3 rings (SSSR count). The second-order valence-electron chi connectivity index (χ2n) is 5.31. The van der Waals surface area contributed by atoms with E-state index >= 15 is 0 Å². The van der Waals surface area contributed by atoms with Crippen LogP contribution in [0, 0.1) is 10.1 Å². The van der Waals surface area contributed by atoms with E-state index in [0.29, 0.717) is 6.54 Å². The van der Waals surface area contributed by atoms with Crippen LogP contribution in [-0.4, -0.2) is 19.7 Å². The number of nitro benzene ring substituents is 1. The Morgan fingerprint density at radius 3 is 2.87 bits per heavy atom. The zero-order valence-electron chi connectivity index (χ0n) is 13.0. The normalized spacial score (nSPS) is 10.9. The van der Waals surface area contributed by atoms with Gasteiger partial charge in [0.05, 0.1) is 16.1 Å². The summed E-state index contributed by atoms with van der Waals surface area (Å²) in [7, 11) is 1.91. The van der Waals surface area contributed by atoms with Gasteiger partial charge in [-0.15, -0.1) is 0 Å². The van der Waals surface area contributed by atoms with Crippen molar-refractivity contribution in [2.75, 3.05) is 5.32 Å². The maximum absolute atomic E-state index is 10.8. The first kappa shape index (κ1) is 15.0. The third-order valence-corrected chi connectivity index (χ3v) is 3.67. The van der Waals surface area contributed by atoms with Gasteiger partial charge in [-0.1, -0.05) is 6.92 Å². The van der Waals surface area contributed by atoms with Gasteiger partial charge in [-0.25, -0.2) is 4.98 Å². The summed E-state index contributed by atoms with van der Waals surface area (Å²) in [4.78, 5) is 14.9. The van der Waals surface area contributed by atoms with Crippen molar-refractivity contribution in [1.82, 2.24) is 14.8 Å². The predicted molar refractivity (Wildman–Crippen MR) is 88.3 cm³/mol. The fourth-order valence-corrected chi connectivity index (χ4v) is 2.54. The van der Waals surface area contributed by atoms with Gasteiger partial charge in [0.1, 0.15) is 5.82 Å². The van der Waals surface area contributed by atoms with E-state index in [-0.39, 0.29) is 5.69 Å². The molecule has 0 radical (unpaired) electrons. The van der Waals surface area contributed by atoms with Crippen molar-refractivity contribution >= 4 is 22.4 Å². The summed E-state index contributed by atoms with van der Waals surface area (Å²) in [5.74, 6) is 0.734. The van der Waals surface area contributed by atoms with Crippen LogP contribution in [0.4, 0.5) is 11.5 Å². The molecule has 7 heteroatoms. The topological polar surface area (TPSA) is 85.9 Å². The van der Waals surface area contributed by atoms with Gasteiger partial charge in [-0.05, 0) is 24.6 Å². The molecule has 1 N–H and O–H groups in total. The number of fused-ring (bicyclic) bond motifs is 1. The van der Waals surface area contributed by atoms with E-state index in [0.717, 1.165) is 34.4 Å². The zero-order chi connectivity index (χ0) is 16.4. The lowest BCUT2D eigenvalue weighted by Gasteiger charge is -2.06. The summed E-state index contributed by atoms with van der Waals surface area (Å²) in [6, 6.07) is 8.33. The summed E-state index contributed by atoms with van der Waals surface area (Å²) in [6.45, 7) is 2.72. The molecule has 118 valence electrons. The van der Waals surface area contributed by atoms with Crippen molar-refractivity contribution in [3.63, 3.8) is 0 Å². The second kappa shape index (κ2) is 6.04. The van der Waals surface area contributed by atoms with Crippen LogP contribution in [0.25, 0.3) is 10.9 Å². The summed E-state index contributed by atoms with van der Waals surface area (Å²) < 4.78 is 1.81. The first-order chi connectivity index (χ1) is 11.1. The molecular formula is C16H17N5O2. The Hall–Kier alpha value is -2.96. The van der Waals surface area contributed by atoms with E-state index in [1.54, 1.807) is 6.07 Å². The molecule has 2 heterocycles. The largest absolute Gasteiger partial charge is 0.366 e. The number of benzene rings is 1. The molecule has 0 aliphatic carbocycles. The van der Waals surface area contributed by atoms with Crippen LogP contribution in [0.1, 0.15) is 18.2 Å². The molecule has 3 aromatic rings. The zero-order valence-corrected chi connectivity index (χ0v) is 13.0. The summed E-state index contributed by atoms with van der Waals surface area (Å²) >= 11 is 0. The van der Waals surface area contributed by atoms with E-state index < -0.39 is 4.92 Å². The van der Waals surface area contributed by atoms with Crippen LogP contribution < -0.4 is 5.32 Å². The van der Waals surface area contributed by atoms with E-state index in [1.165, 1.54) is 12.1 Å². The van der Waals surface area contributed by atoms with Gasteiger partial charge in [0.2, 0.25) is 0 Å². The number of aryl methyl sites for hydroxylation is 2. The Labute approximate surface area is 133 Å². The van der Waals surface area contributed by atoms with E-state index in [1.807, 2.05) is 30.1 Å². The molecule has 0 saturated heterocycles. The maximum atomic E-state index is 10.8. The number of nitro groups is 1. The molecule has 0 aliphatic heterocycles. The Bertz CT molecular complexity index is 872. The van der Waals surface area contributed by atoms with Crippen molar-refractivity contribution in [1.29, 1.82) is 0 Å². The first-order valence-corrected chi connectivity index (χ1v) is 7.37. The number of anilines is 1. The Kier molecular flexibility index (Phi) is 3.92. The van der Waals surface area contributed by atoms with Crippen molar-refractivity contribution in [2.24, 2.45) is 7.05 Å². The molecule has 23 heavy (non-hydrogen) atoms. The summed E-state index contributed by atoms with van der Waals surface area (Å²) in [6.07, 6.45) is 2.88. The molecule has 0 saturated carbocycles. The quantitative estimate of drug-likeness (QED) is 0.578. The van der Waals surface area contributed by atoms with Gasteiger partial charge in [0, 0.05) is 42.9 Å². The summed E-state index contributed by atoms with van der Waals surface area (Å²) in [5.41, 5.74) is 3.00. The average molecular weight is 311 g/mol. The molecule has 0 unspecified atom stereocenters. The SMILES string of the molecule is CCc1nn(C)cc1CNc1ccc2cc([N+](=O)[O-])ccc2n1. The molecule has 0 aliphatic rings. The number of nitrogens with zero attached hydrogens (tertiary/aromatic N) is 4. The molecule has 0 atom stereocenters. The van der Waals surface area contributed by atoms with Crippen LogP contribution in [0.15, 0.2) is 36.5 Å². The molecule has 1 aromatic carbocycles. The molecular weight excluding hydrogens is 294 g/mol. The van der Waals surface area contributed by atoms with E-state index in [9.17, 15) is 10.1 Å². The van der Waals surface area contributed by atoms with Crippen LogP contribution >= 0.6 is 0 Å². The number of non-ortho nitro benzene ring substituents is 1. The number of hydrogen-bond acceptors (Lipinski definition) is 5. The molecule has 2 aromatic heterocycles. The predicted octanol–water partition coefficient (Wildman–Crippen LogP) is 3.05. The van der Waals surface area contributed by atoms with Gasteiger partial charge >= 0.3 is 0 Å². The number of pyridine rings is 1. The van der Waals surface area contributed by atoms with Crippen molar-refractivity contribution in [2.45, 2.75) is 19.9 Å². The second-order valence-corrected chi connectivity index (χ2v) is 5.31. The Morgan fingerprint density at radius 2 is 2.13 bits per heavy atom. The number of nitrogens with one attached hydrogen (secondary N) is 1. The molecule has 7 nitrogen and oxygen atoms in total. The van der Waals surface area contributed by atoms with Gasteiger partial charge in [-0.2, -0.15) is 5.10 Å². The molecule has 0 amide bonds. The third-order valence-electron chi connectivity index (χ3n) is 3.67. The minimum Gasteiger partial charge on any atom is -0.366 e. The number of aromatic nitrogens is 3. The van der Waals surface area contributed by atoms with Gasteiger partial charge < -0.3 is 5.32 Å². The molecule has 0 fully saturated rings. The van der Waals surface area contributed by atoms with Gasteiger partial charge in [0.25, 0.3) is 5.69 Å². The standard InChI is InChI=1S/C16H17N5O2/c1-3-14-12(10-20(2)19-14)9-17-16-7-4-11-8-13(21(22)23)5-6-15(11)18-16/h4-8,10H,3,9H2,1-2H3,(H,17,18). The smallest absolute Gasteiger partial charge is 0.270 e. The highest BCUT2D eigenvalue weighted by atomic mass is 16.6. The highest BCUT2D eigenvalue weighted by Crippen LogP contribution is 2.21. The minimum atomic E-state index is -0.402. The third kappa shape index (κ3) is 3.13. The van der Waals surface area contributed by atoms with Crippen LogP contribution in [-0.2, 0) is 20.0 Å². The monoisotopic (exact) mass is 311 g/mol. The lowest BCUT2D eigenvalue weighted by molar-refractivity contribution is -0.384. The number of hydrogen-bond donors (Lipinski definition) is 1. The molecule has 0 spiro atoms. The van der Waals surface area contributed by atoms with Crippen molar-refractivity contribution < 1.29 is 4.92 Å². The first-order valence-electron chi connectivity index (χ1n) is 7.37. The van der Waals surface area contributed by atoms with Gasteiger partial charge in [0.15, 0.2) is 0 Å². The summed E-state index contributed by atoms with van der Waals surface area (Å²) in [5, 5.41) is 19.2. The fourth-order valence-electron chi connectivity index (χ4n) is 2.54. The Balaban J connectivity index is 1.80. The minimum absolute atomic E-state index is 0.0722. The Morgan fingerprint density at radius 1 is 1.30 bits per heavy atom. The lowest BCUT2D eigenvalue weighted by atomic mass is 10.2. The van der Waals surface area contributed by atoms with Gasteiger partial charge in [-0.3, -0.25) is 14.8 Å². The number of rotatable bonds is 5. The van der Waals surface area contributed by atoms with E-state index in [4.69, 9.17) is 0 Å². The lowest BCUT2D eigenvalue weighted by Crippen LogP contribution is -2.02. The highest BCUT2D eigenvalue weighted by Gasteiger charge is 2.08. The van der Waals surface area contributed by atoms with Crippen LogP contribution in [0.5, 0.6) is 0 Å². The maximum Gasteiger partial charge on any atom is 0.270 e.